The standard InChI is InChI=1S/C56H40O2/c57-33-51-52(34-58)56(44-28-14-24-36-16-10-12-26-42(36)44)50-32-48-47(31-49(50)55(51)43-27-13-23-35-15-9-11-25-41(35)43)53(37-17-3-1-4-18-37)45-29-39-21-7-8-22-40(39)30-46(45)54(48)38-19-5-2-6-20-38/h1-30,57-58H,31-34H2. The minimum atomic E-state index is -0.198. The summed E-state index contributed by atoms with van der Waals surface area (Å²) in [5, 5.41) is 32.7. The van der Waals surface area contributed by atoms with E-state index in [0.29, 0.717) is 12.8 Å². The van der Waals surface area contributed by atoms with Gasteiger partial charge in [-0.2, -0.15) is 0 Å². The van der Waals surface area contributed by atoms with Crippen molar-refractivity contribution in [3.8, 4) is 44.5 Å². The summed E-state index contributed by atoms with van der Waals surface area (Å²) in [6.45, 7) is -0.395. The Morgan fingerprint density at radius 1 is 0.310 bits per heavy atom. The lowest BCUT2D eigenvalue weighted by Crippen LogP contribution is -2.17. The molecular formula is C56H40O2. The topological polar surface area (TPSA) is 40.5 Å². The van der Waals surface area contributed by atoms with E-state index in [2.05, 4.69) is 182 Å². The van der Waals surface area contributed by atoms with E-state index in [4.69, 9.17) is 0 Å². The molecule has 2 N–H and O–H groups in total. The number of aliphatic hydroxyl groups is 2. The van der Waals surface area contributed by atoms with Gasteiger partial charge in [0, 0.05) is 0 Å². The van der Waals surface area contributed by atoms with Crippen LogP contribution in [0.3, 0.4) is 0 Å². The smallest absolute Gasteiger partial charge is 0.0691 e. The van der Waals surface area contributed by atoms with Crippen molar-refractivity contribution < 1.29 is 10.2 Å². The SMILES string of the molecule is OCc1c(CO)c(-c2cccc3ccccc23)c2c(c1-c1cccc3ccccc13)Cc1c(c(-c3ccccc3)c3cc4ccccc4cc3c1-c1ccccc1)C2. The maximum atomic E-state index is 11.6. The molecule has 0 radical (unpaired) electrons. The molecular weight excluding hydrogens is 705 g/mol. The van der Waals surface area contributed by atoms with E-state index in [0.717, 1.165) is 54.9 Å². The lowest BCUT2D eigenvalue weighted by Gasteiger charge is -2.34. The molecule has 0 heterocycles. The maximum absolute atomic E-state index is 11.6. The Kier molecular flexibility index (Phi) is 8.29. The molecule has 58 heavy (non-hydrogen) atoms. The number of benzene rings is 10. The van der Waals surface area contributed by atoms with Gasteiger partial charge in [0.05, 0.1) is 13.2 Å². The monoisotopic (exact) mass is 744 g/mol. The second kappa shape index (κ2) is 14.0. The average molecular weight is 745 g/mol. The maximum Gasteiger partial charge on any atom is 0.0691 e. The van der Waals surface area contributed by atoms with Crippen LogP contribution in [0, 0.1) is 0 Å². The van der Waals surface area contributed by atoms with Gasteiger partial charge in [0.25, 0.3) is 0 Å². The van der Waals surface area contributed by atoms with Crippen molar-refractivity contribution in [3.63, 3.8) is 0 Å². The highest BCUT2D eigenvalue weighted by Crippen LogP contribution is 2.52. The molecule has 1 aliphatic carbocycles. The zero-order valence-corrected chi connectivity index (χ0v) is 32.0. The van der Waals surface area contributed by atoms with Gasteiger partial charge in [0.15, 0.2) is 0 Å². The van der Waals surface area contributed by atoms with Gasteiger partial charge in [-0.1, -0.05) is 170 Å². The first-order chi connectivity index (χ1) is 28.7. The third kappa shape index (κ3) is 5.34. The highest BCUT2D eigenvalue weighted by atomic mass is 16.3. The summed E-state index contributed by atoms with van der Waals surface area (Å²) in [5.41, 5.74) is 15.8. The van der Waals surface area contributed by atoms with E-state index in [9.17, 15) is 10.2 Å². The zero-order chi connectivity index (χ0) is 38.7. The van der Waals surface area contributed by atoms with E-state index < -0.39 is 0 Å². The Hall–Kier alpha value is -6.84. The van der Waals surface area contributed by atoms with Crippen LogP contribution in [0.2, 0.25) is 0 Å². The third-order valence-electron chi connectivity index (χ3n) is 12.6. The molecule has 11 rings (SSSR count). The van der Waals surface area contributed by atoms with Crippen LogP contribution >= 0.6 is 0 Å². The van der Waals surface area contributed by atoms with Gasteiger partial charge in [-0.3, -0.25) is 0 Å². The molecule has 0 aliphatic heterocycles. The summed E-state index contributed by atoms with van der Waals surface area (Å²) in [4.78, 5) is 0. The first-order valence-corrected chi connectivity index (χ1v) is 20.2. The number of fused-ring (bicyclic) bond motifs is 6. The molecule has 0 aromatic heterocycles. The summed E-state index contributed by atoms with van der Waals surface area (Å²) in [7, 11) is 0. The number of rotatable bonds is 6. The molecule has 0 saturated carbocycles. The molecule has 2 heteroatoms. The normalized spacial score (nSPS) is 12.3. The molecule has 0 amide bonds. The summed E-state index contributed by atoms with van der Waals surface area (Å²) in [6, 6.07) is 65.3. The number of hydrogen-bond acceptors (Lipinski definition) is 2. The fraction of sp³-hybridized carbons (Fsp3) is 0.0714. The lowest BCUT2D eigenvalue weighted by atomic mass is 9.70. The van der Waals surface area contributed by atoms with Crippen molar-refractivity contribution in [2.75, 3.05) is 0 Å². The van der Waals surface area contributed by atoms with Crippen molar-refractivity contribution in [2.24, 2.45) is 0 Å². The predicted octanol–water partition coefficient (Wildman–Crippen LogP) is 13.4. The van der Waals surface area contributed by atoms with Gasteiger partial charge in [-0.05, 0) is 146 Å². The number of aliphatic hydroxyl groups excluding tert-OH is 2. The summed E-state index contributed by atoms with van der Waals surface area (Å²) < 4.78 is 0. The van der Waals surface area contributed by atoms with Crippen LogP contribution in [0.25, 0.3) is 87.6 Å². The van der Waals surface area contributed by atoms with Crippen molar-refractivity contribution in [1.29, 1.82) is 0 Å². The second-order valence-electron chi connectivity index (χ2n) is 15.6. The fourth-order valence-corrected chi connectivity index (χ4v) is 10.1. The van der Waals surface area contributed by atoms with E-state index in [1.165, 1.54) is 66.1 Å². The second-order valence-corrected chi connectivity index (χ2v) is 15.6. The predicted molar refractivity (Wildman–Crippen MR) is 242 cm³/mol. The Labute approximate surface area is 337 Å². The van der Waals surface area contributed by atoms with E-state index in [1.54, 1.807) is 0 Å². The largest absolute Gasteiger partial charge is 0.392 e. The molecule has 0 bridgehead atoms. The minimum Gasteiger partial charge on any atom is -0.392 e. The van der Waals surface area contributed by atoms with Crippen LogP contribution in [0.1, 0.15) is 33.4 Å². The molecule has 0 spiro atoms. The van der Waals surface area contributed by atoms with Gasteiger partial charge in [0.2, 0.25) is 0 Å². The van der Waals surface area contributed by atoms with Gasteiger partial charge in [-0.15, -0.1) is 0 Å². The quantitative estimate of drug-likeness (QED) is 0.166. The van der Waals surface area contributed by atoms with Gasteiger partial charge >= 0.3 is 0 Å². The summed E-state index contributed by atoms with van der Waals surface area (Å²) >= 11 is 0. The van der Waals surface area contributed by atoms with Crippen LogP contribution in [0.4, 0.5) is 0 Å². The van der Waals surface area contributed by atoms with Crippen LogP contribution in [-0.2, 0) is 26.1 Å². The minimum absolute atomic E-state index is 0.198. The summed E-state index contributed by atoms with van der Waals surface area (Å²) in [5.74, 6) is 0. The lowest BCUT2D eigenvalue weighted by molar-refractivity contribution is 0.260. The van der Waals surface area contributed by atoms with Gasteiger partial charge in [-0.25, -0.2) is 0 Å². The third-order valence-corrected chi connectivity index (χ3v) is 12.6. The molecule has 0 atom stereocenters. The van der Waals surface area contributed by atoms with Crippen LogP contribution in [-0.4, -0.2) is 10.2 Å². The molecule has 0 saturated heterocycles. The van der Waals surface area contributed by atoms with Crippen molar-refractivity contribution in [2.45, 2.75) is 26.1 Å². The Balaban J connectivity index is 1.34. The summed E-state index contributed by atoms with van der Waals surface area (Å²) in [6.07, 6.45) is 1.32. The molecule has 0 unspecified atom stereocenters. The molecule has 1 aliphatic rings. The van der Waals surface area contributed by atoms with Crippen LogP contribution in [0.15, 0.2) is 182 Å². The Morgan fingerprint density at radius 2 is 0.655 bits per heavy atom. The highest BCUT2D eigenvalue weighted by Gasteiger charge is 2.33. The van der Waals surface area contributed by atoms with Crippen molar-refractivity contribution in [1.82, 2.24) is 0 Å². The average Bonchev–Trinajstić information content (AvgIpc) is 3.29. The first-order valence-electron chi connectivity index (χ1n) is 20.2. The molecule has 10 aromatic rings. The van der Waals surface area contributed by atoms with Gasteiger partial charge in [0.1, 0.15) is 0 Å². The fourth-order valence-electron chi connectivity index (χ4n) is 10.1. The molecule has 2 nitrogen and oxygen atoms in total. The molecule has 276 valence electrons. The zero-order valence-electron chi connectivity index (χ0n) is 32.0. The van der Waals surface area contributed by atoms with Crippen LogP contribution < -0.4 is 0 Å². The van der Waals surface area contributed by atoms with Crippen molar-refractivity contribution in [3.05, 3.63) is 215 Å². The Morgan fingerprint density at radius 3 is 1.07 bits per heavy atom. The molecule has 0 fully saturated rings. The number of hydrogen-bond donors (Lipinski definition) is 2. The Bertz CT molecular complexity index is 3010. The van der Waals surface area contributed by atoms with E-state index in [1.807, 2.05) is 0 Å². The highest BCUT2D eigenvalue weighted by molar-refractivity contribution is 6.14. The van der Waals surface area contributed by atoms with Crippen molar-refractivity contribution >= 4 is 43.1 Å². The molecule has 10 aromatic carbocycles. The van der Waals surface area contributed by atoms with E-state index >= 15 is 0 Å². The van der Waals surface area contributed by atoms with Gasteiger partial charge < -0.3 is 10.2 Å². The van der Waals surface area contributed by atoms with Crippen LogP contribution in [0.5, 0.6) is 0 Å². The first kappa shape index (κ1) is 34.4. The van der Waals surface area contributed by atoms with E-state index in [-0.39, 0.29) is 13.2 Å².